The summed E-state index contributed by atoms with van der Waals surface area (Å²) in [6.45, 7) is 1.49. The molecule has 0 aliphatic carbocycles. The zero-order valence-corrected chi connectivity index (χ0v) is 11.6. The summed E-state index contributed by atoms with van der Waals surface area (Å²) in [7, 11) is 0. The van der Waals surface area contributed by atoms with Gasteiger partial charge in [-0.2, -0.15) is 0 Å². The first-order valence-corrected chi connectivity index (χ1v) is 6.78. The summed E-state index contributed by atoms with van der Waals surface area (Å²) in [5.41, 5.74) is 0.940. The molecule has 0 N–H and O–H groups in total. The lowest BCUT2D eigenvalue weighted by Crippen LogP contribution is -2.15. The molecule has 0 spiro atoms. The molecule has 0 aliphatic rings. The molecule has 0 fully saturated rings. The number of hydrogen-bond donors (Lipinski definition) is 0. The summed E-state index contributed by atoms with van der Waals surface area (Å²) in [6.07, 6.45) is 0.0427. The minimum atomic E-state index is -0.509. The van der Waals surface area contributed by atoms with E-state index in [1.807, 2.05) is 6.92 Å². The maximum Gasteiger partial charge on any atom is 0.312 e. The summed E-state index contributed by atoms with van der Waals surface area (Å²) in [6, 6.07) is 5.09. The molecule has 0 aliphatic heterocycles. The Bertz CT molecular complexity index is 622. The Morgan fingerprint density at radius 1 is 1.30 bits per heavy atom. The molecule has 20 heavy (non-hydrogen) atoms. The zero-order chi connectivity index (χ0) is 14.5. The average Bonchev–Trinajstić information content (AvgIpc) is 2.82. The minimum absolute atomic E-state index is 0.0427. The Morgan fingerprint density at radius 2 is 2.00 bits per heavy atom. The lowest BCUT2D eigenvalue weighted by atomic mass is 10.1. The summed E-state index contributed by atoms with van der Waals surface area (Å²) in [4.78, 5) is 27.4. The lowest BCUT2D eigenvalue weighted by molar-refractivity contribution is -0.141. The lowest BCUT2D eigenvalue weighted by Gasteiger charge is -2.03. The Hall–Kier alpha value is -2.08. The molecule has 0 unspecified atom stereocenters. The van der Waals surface area contributed by atoms with Crippen molar-refractivity contribution in [3.8, 4) is 0 Å². The third-order valence-corrected chi connectivity index (χ3v) is 3.34. The minimum Gasteiger partial charge on any atom is -0.457 e. The molecular formula is C14H12FNO3S. The van der Waals surface area contributed by atoms with E-state index in [-0.39, 0.29) is 18.8 Å². The van der Waals surface area contributed by atoms with E-state index in [1.165, 1.54) is 35.6 Å². The topological polar surface area (TPSA) is 56.3 Å². The second-order valence-electron chi connectivity index (χ2n) is 4.13. The molecule has 0 saturated carbocycles. The number of nitrogens with zero attached hydrogens (tertiary/aromatic N) is 1. The van der Waals surface area contributed by atoms with E-state index in [0.717, 1.165) is 5.01 Å². The van der Waals surface area contributed by atoms with Gasteiger partial charge in [-0.3, -0.25) is 9.59 Å². The van der Waals surface area contributed by atoms with Crippen LogP contribution in [0.3, 0.4) is 0 Å². The highest BCUT2D eigenvalue weighted by Crippen LogP contribution is 2.09. The van der Waals surface area contributed by atoms with E-state index in [0.29, 0.717) is 11.3 Å². The smallest absolute Gasteiger partial charge is 0.312 e. The van der Waals surface area contributed by atoms with Gasteiger partial charge in [-0.25, -0.2) is 9.37 Å². The molecular weight excluding hydrogens is 281 g/mol. The highest BCUT2D eigenvalue weighted by molar-refractivity contribution is 7.09. The van der Waals surface area contributed by atoms with Gasteiger partial charge < -0.3 is 4.74 Å². The predicted molar refractivity (Wildman–Crippen MR) is 72.2 cm³/mol. The van der Waals surface area contributed by atoms with Gasteiger partial charge in [0, 0.05) is 10.9 Å². The number of ketones is 1. The number of carbonyl (C=O) groups excluding carboxylic acids is 2. The number of thiazole rings is 1. The number of aromatic nitrogens is 1. The molecule has 0 saturated heterocycles. The van der Waals surface area contributed by atoms with E-state index in [9.17, 15) is 14.0 Å². The molecule has 4 nitrogen and oxygen atoms in total. The number of rotatable bonds is 5. The molecule has 1 aromatic heterocycles. The number of ether oxygens (including phenoxy) is 1. The van der Waals surface area contributed by atoms with Crippen LogP contribution >= 0.6 is 11.3 Å². The molecule has 0 amide bonds. The molecule has 0 radical (unpaired) electrons. The van der Waals surface area contributed by atoms with Gasteiger partial charge in [0.2, 0.25) is 0 Å². The maximum atomic E-state index is 12.7. The Morgan fingerprint density at radius 3 is 2.60 bits per heavy atom. The van der Waals surface area contributed by atoms with Gasteiger partial charge in [0.1, 0.15) is 5.82 Å². The summed E-state index contributed by atoms with van der Waals surface area (Å²) < 4.78 is 17.6. The van der Waals surface area contributed by atoms with Crippen LogP contribution in [-0.2, 0) is 16.0 Å². The zero-order valence-electron chi connectivity index (χ0n) is 10.8. The molecule has 6 heteroatoms. The molecule has 1 aromatic carbocycles. The van der Waals surface area contributed by atoms with Gasteiger partial charge in [-0.05, 0) is 31.2 Å². The largest absolute Gasteiger partial charge is 0.457 e. The highest BCUT2D eigenvalue weighted by atomic mass is 32.1. The Balaban J connectivity index is 1.84. The van der Waals surface area contributed by atoms with Gasteiger partial charge in [0.05, 0.1) is 17.1 Å². The van der Waals surface area contributed by atoms with Gasteiger partial charge in [0.25, 0.3) is 0 Å². The molecule has 104 valence electrons. The highest BCUT2D eigenvalue weighted by Gasteiger charge is 2.12. The van der Waals surface area contributed by atoms with E-state index in [1.54, 1.807) is 5.38 Å². The van der Waals surface area contributed by atoms with E-state index in [4.69, 9.17) is 4.74 Å². The van der Waals surface area contributed by atoms with Crippen molar-refractivity contribution in [2.75, 3.05) is 6.61 Å². The first-order chi connectivity index (χ1) is 9.54. The van der Waals surface area contributed by atoms with Crippen molar-refractivity contribution < 1.29 is 18.7 Å². The third kappa shape index (κ3) is 3.96. The van der Waals surface area contributed by atoms with Crippen LogP contribution in [0.1, 0.15) is 21.1 Å². The molecule has 0 atom stereocenters. The number of esters is 1. The number of hydrogen-bond acceptors (Lipinski definition) is 5. The molecule has 1 heterocycles. The maximum absolute atomic E-state index is 12.7. The number of aryl methyl sites for hydroxylation is 1. The standard InChI is InChI=1S/C14H12FNO3S/c1-9-16-12(8-20-9)6-14(18)19-7-13(17)10-2-4-11(15)5-3-10/h2-5,8H,6-7H2,1H3. The van der Waals surface area contributed by atoms with Crippen LogP contribution in [-0.4, -0.2) is 23.3 Å². The van der Waals surface area contributed by atoms with Crippen molar-refractivity contribution in [1.82, 2.24) is 4.98 Å². The van der Waals surface area contributed by atoms with Gasteiger partial charge in [0.15, 0.2) is 12.4 Å². The van der Waals surface area contributed by atoms with Crippen LogP contribution in [0.25, 0.3) is 0 Å². The van der Waals surface area contributed by atoms with Crippen molar-refractivity contribution in [2.45, 2.75) is 13.3 Å². The Kier molecular flexibility index (Phi) is 4.57. The summed E-state index contributed by atoms with van der Waals surface area (Å²) in [5.74, 6) is -1.30. The van der Waals surface area contributed by atoms with Crippen molar-refractivity contribution in [3.05, 3.63) is 51.7 Å². The summed E-state index contributed by atoms with van der Waals surface area (Å²) >= 11 is 1.45. The second-order valence-corrected chi connectivity index (χ2v) is 5.19. The van der Waals surface area contributed by atoms with Crippen LogP contribution in [0.5, 0.6) is 0 Å². The first kappa shape index (κ1) is 14.3. The van der Waals surface area contributed by atoms with Crippen LogP contribution < -0.4 is 0 Å². The summed E-state index contributed by atoms with van der Waals surface area (Å²) in [5, 5.41) is 2.65. The fourth-order valence-corrected chi connectivity index (χ4v) is 2.17. The molecule has 2 aromatic rings. The number of benzene rings is 1. The average molecular weight is 293 g/mol. The van der Waals surface area contributed by atoms with Crippen LogP contribution in [0.4, 0.5) is 4.39 Å². The van der Waals surface area contributed by atoms with Crippen LogP contribution in [0.2, 0.25) is 0 Å². The van der Waals surface area contributed by atoms with Crippen molar-refractivity contribution in [2.24, 2.45) is 0 Å². The van der Waals surface area contributed by atoms with Gasteiger partial charge in [-0.1, -0.05) is 0 Å². The Labute approximate surface area is 119 Å². The normalized spacial score (nSPS) is 10.3. The van der Waals surface area contributed by atoms with Crippen molar-refractivity contribution in [1.29, 1.82) is 0 Å². The van der Waals surface area contributed by atoms with Crippen LogP contribution in [0, 0.1) is 12.7 Å². The fourth-order valence-electron chi connectivity index (χ4n) is 1.55. The van der Waals surface area contributed by atoms with Crippen LogP contribution in [0.15, 0.2) is 29.6 Å². The molecule has 0 bridgehead atoms. The number of Topliss-reactive ketones (excluding diaryl/α,β-unsaturated/α-hetero) is 1. The van der Waals surface area contributed by atoms with Gasteiger partial charge in [-0.15, -0.1) is 11.3 Å². The first-order valence-electron chi connectivity index (χ1n) is 5.90. The monoisotopic (exact) mass is 293 g/mol. The van der Waals surface area contributed by atoms with E-state index >= 15 is 0 Å². The van der Waals surface area contributed by atoms with Crippen molar-refractivity contribution >= 4 is 23.1 Å². The van der Waals surface area contributed by atoms with Crippen molar-refractivity contribution in [3.63, 3.8) is 0 Å². The fraction of sp³-hybridized carbons (Fsp3) is 0.214. The second kappa shape index (κ2) is 6.38. The molecule has 2 rings (SSSR count). The number of carbonyl (C=O) groups is 2. The number of halogens is 1. The van der Waals surface area contributed by atoms with E-state index in [2.05, 4.69) is 4.98 Å². The SMILES string of the molecule is Cc1nc(CC(=O)OCC(=O)c2ccc(F)cc2)cs1. The third-order valence-electron chi connectivity index (χ3n) is 2.52. The van der Waals surface area contributed by atoms with E-state index < -0.39 is 11.8 Å². The quantitative estimate of drug-likeness (QED) is 0.628. The predicted octanol–water partition coefficient (Wildman–Crippen LogP) is 2.56. The van der Waals surface area contributed by atoms with Gasteiger partial charge >= 0.3 is 5.97 Å².